The zero-order chi connectivity index (χ0) is 23.5. The van der Waals surface area contributed by atoms with E-state index < -0.39 is 5.97 Å². The van der Waals surface area contributed by atoms with E-state index in [1.165, 1.54) is 0 Å². The molecule has 34 heavy (non-hydrogen) atoms. The maximum Gasteiger partial charge on any atom is 0.343 e. The Balaban J connectivity index is 1.30. The lowest BCUT2D eigenvalue weighted by Crippen LogP contribution is -2.08. The number of phenolic OH excluding ortho intramolecular Hbond substituents is 1. The van der Waals surface area contributed by atoms with Gasteiger partial charge in [0.1, 0.15) is 17.0 Å². The molecule has 1 heterocycles. The highest BCUT2D eigenvalue weighted by atomic mass is 79.9. The molecular formula is C27H17BrN2O4. The van der Waals surface area contributed by atoms with Gasteiger partial charge in [-0.3, -0.25) is 4.99 Å². The third-order valence-corrected chi connectivity index (χ3v) is 5.57. The van der Waals surface area contributed by atoms with Gasteiger partial charge in [0, 0.05) is 10.7 Å². The predicted octanol–water partition coefficient (Wildman–Crippen LogP) is 6.93. The smallest absolute Gasteiger partial charge is 0.343 e. The highest BCUT2D eigenvalue weighted by molar-refractivity contribution is 9.10. The Morgan fingerprint density at radius 3 is 2.50 bits per heavy atom. The van der Waals surface area contributed by atoms with E-state index in [1.54, 1.807) is 72.9 Å². The number of aromatic hydroxyl groups is 1. The van der Waals surface area contributed by atoms with E-state index in [-0.39, 0.29) is 5.75 Å². The molecule has 0 atom stereocenters. The number of carbonyl (C=O) groups excluding carboxylic acids is 1. The van der Waals surface area contributed by atoms with Gasteiger partial charge in [-0.2, -0.15) is 0 Å². The summed E-state index contributed by atoms with van der Waals surface area (Å²) in [7, 11) is 0. The summed E-state index contributed by atoms with van der Waals surface area (Å²) < 4.78 is 12.1. The summed E-state index contributed by atoms with van der Waals surface area (Å²) in [5.74, 6) is 0.396. The SMILES string of the molecule is O=C(Oc1ccc(C=Nc2ccc(O)c(-c3nc4ccccc4o3)c2)cc1)c1ccc(Br)cc1. The van der Waals surface area contributed by atoms with Crippen molar-refractivity contribution in [2.45, 2.75) is 0 Å². The monoisotopic (exact) mass is 512 g/mol. The minimum atomic E-state index is -0.426. The lowest BCUT2D eigenvalue weighted by molar-refractivity contribution is 0.0734. The van der Waals surface area contributed by atoms with E-state index in [1.807, 2.05) is 24.3 Å². The molecule has 166 valence electrons. The van der Waals surface area contributed by atoms with Gasteiger partial charge in [0.05, 0.1) is 16.8 Å². The second-order valence-electron chi connectivity index (χ2n) is 7.41. The minimum absolute atomic E-state index is 0.0578. The number of hydrogen-bond donors (Lipinski definition) is 1. The largest absolute Gasteiger partial charge is 0.507 e. The number of aromatic nitrogens is 1. The first-order valence-corrected chi connectivity index (χ1v) is 11.2. The van der Waals surface area contributed by atoms with Gasteiger partial charge in [0.2, 0.25) is 5.89 Å². The zero-order valence-corrected chi connectivity index (χ0v) is 19.3. The molecule has 0 spiro atoms. The Hall–Kier alpha value is -4.23. The van der Waals surface area contributed by atoms with Crippen molar-refractivity contribution in [2.24, 2.45) is 4.99 Å². The zero-order valence-electron chi connectivity index (χ0n) is 17.7. The van der Waals surface area contributed by atoms with Crippen molar-refractivity contribution in [3.8, 4) is 23.0 Å². The predicted molar refractivity (Wildman–Crippen MR) is 134 cm³/mol. The van der Waals surface area contributed by atoms with Crippen LogP contribution in [0.25, 0.3) is 22.6 Å². The first-order valence-electron chi connectivity index (χ1n) is 10.4. The molecule has 0 saturated heterocycles. The molecule has 0 bridgehead atoms. The van der Waals surface area contributed by atoms with Crippen LogP contribution < -0.4 is 4.74 Å². The molecule has 0 aliphatic rings. The first-order chi connectivity index (χ1) is 16.5. The van der Waals surface area contributed by atoms with Crippen molar-refractivity contribution in [2.75, 3.05) is 0 Å². The molecule has 0 radical (unpaired) electrons. The number of aliphatic imine (C=N–C) groups is 1. The van der Waals surface area contributed by atoms with Crippen molar-refractivity contribution in [1.29, 1.82) is 0 Å². The van der Waals surface area contributed by atoms with Crippen LogP contribution in [-0.2, 0) is 0 Å². The van der Waals surface area contributed by atoms with Crippen molar-refractivity contribution < 1.29 is 19.1 Å². The number of esters is 1. The van der Waals surface area contributed by atoms with E-state index >= 15 is 0 Å². The van der Waals surface area contributed by atoms with Crippen molar-refractivity contribution in [3.05, 3.63) is 107 Å². The van der Waals surface area contributed by atoms with Crippen LogP contribution in [0, 0.1) is 0 Å². The molecule has 1 aromatic heterocycles. The molecule has 1 N–H and O–H groups in total. The molecule has 5 aromatic rings. The number of fused-ring (bicyclic) bond motifs is 1. The topological polar surface area (TPSA) is 84.9 Å². The Morgan fingerprint density at radius 2 is 1.74 bits per heavy atom. The molecule has 0 unspecified atom stereocenters. The lowest BCUT2D eigenvalue weighted by atomic mass is 10.1. The second kappa shape index (κ2) is 9.33. The van der Waals surface area contributed by atoms with Crippen LogP contribution in [0.1, 0.15) is 15.9 Å². The summed E-state index contributed by atoms with van der Waals surface area (Å²) >= 11 is 3.34. The molecule has 6 nitrogen and oxygen atoms in total. The number of carbonyl (C=O) groups is 1. The Morgan fingerprint density at radius 1 is 0.971 bits per heavy atom. The summed E-state index contributed by atoms with van der Waals surface area (Å²) in [4.78, 5) is 21.2. The van der Waals surface area contributed by atoms with Crippen LogP contribution in [0.3, 0.4) is 0 Å². The van der Waals surface area contributed by atoms with E-state index in [2.05, 4.69) is 25.9 Å². The maximum absolute atomic E-state index is 12.3. The number of hydrogen-bond acceptors (Lipinski definition) is 6. The number of oxazole rings is 1. The summed E-state index contributed by atoms with van der Waals surface area (Å²) in [6, 6.07) is 26.4. The number of nitrogens with zero attached hydrogens (tertiary/aromatic N) is 2. The van der Waals surface area contributed by atoms with E-state index in [4.69, 9.17) is 9.15 Å². The fourth-order valence-corrected chi connectivity index (χ4v) is 3.55. The number of ether oxygens (including phenoxy) is 1. The van der Waals surface area contributed by atoms with Gasteiger partial charge in [0.25, 0.3) is 0 Å². The fourth-order valence-electron chi connectivity index (χ4n) is 3.29. The molecule has 0 fully saturated rings. The van der Waals surface area contributed by atoms with Gasteiger partial charge in [-0.25, -0.2) is 9.78 Å². The van der Waals surface area contributed by atoms with Crippen LogP contribution >= 0.6 is 15.9 Å². The summed E-state index contributed by atoms with van der Waals surface area (Å²) in [6.45, 7) is 0. The van der Waals surface area contributed by atoms with E-state index in [0.717, 1.165) is 10.0 Å². The Bertz CT molecular complexity index is 1470. The van der Waals surface area contributed by atoms with Gasteiger partial charge < -0.3 is 14.3 Å². The molecular weight excluding hydrogens is 496 g/mol. The van der Waals surface area contributed by atoms with Gasteiger partial charge in [-0.1, -0.05) is 28.1 Å². The van der Waals surface area contributed by atoms with Crippen molar-refractivity contribution in [1.82, 2.24) is 4.98 Å². The quantitative estimate of drug-likeness (QED) is 0.157. The van der Waals surface area contributed by atoms with Gasteiger partial charge in [-0.05, 0) is 84.4 Å². The normalized spacial score (nSPS) is 11.2. The fraction of sp³-hybridized carbons (Fsp3) is 0. The van der Waals surface area contributed by atoms with Gasteiger partial charge in [-0.15, -0.1) is 0 Å². The summed E-state index contributed by atoms with van der Waals surface area (Å²) in [5, 5.41) is 10.3. The van der Waals surface area contributed by atoms with Gasteiger partial charge >= 0.3 is 5.97 Å². The molecule has 0 amide bonds. The number of rotatable bonds is 5. The van der Waals surface area contributed by atoms with E-state index in [0.29, 0.717) is 39.6 Å². The van der Waals surface area contributed by atoms with Crippen LogP contribution in [-0.4, -0.2) is 22.3 Å². The number of para-hydroxylation sites is 2. The number of phenols is 1. The molecule has 0 aliphatic heterocycles. The number of halogens is 1. The second-order valence-corrected chi connectivity index (χ2v) is 8.33. The van der Waals surface area contributed by atoms with Crippen LogP contribution in [0.4, 0.5) is 5.69 Å². The Kier molecular flexibility index (Phi) is 5.93. The first kappa shape index (κ1) is 21.6. The molecule has 4 aromatic carbocycles. The van der Waals surface area contributed by atoms with E-state index in [9.17, 15) is 9.90 Å². The third-order valence-electron chi connectivity index (χ3n) is 5.04. The highest BCUT2D eigenvalue weighted by Crippen LogP contribution is 2.34. The Labute approximate surface area is 203 Å². The summed E-state index contributed by atoms with van der Waals surface area (Å²) in [6.07, 6.45) is 1.68. The lowest BCUT2D eigenvalue weighted by Gasteiger charge is -2.05. The molecule has 5 rings (SSSR count). The minimum Gasteiger partial charge on any atom is -0.507 e. The highest BCUT2D eigenvalue weighted by Gasteiger charge is 2.13. The number of benzene rings is 4. The van der Waals surface area contributed by atoms with Crippen molar-refractivity contribution in [3.63, 3.8) is 0 Å². The van der Waals surface area contributed by atoms with Crippen LogP contribution in [0.5, 0.6) is 11.5 Å². The van der Waals surface area contributed by atoms with Gasteiger partial charge in [0.15, 0.2) is 5.58 Å². The average molecular weight is 513 g/mol. The average Bonchev–Trinajstić information content (AvgIpc) is 3.29. The molecule has 7 heteroatoms. The standard InChI is InChI=1S/C27H17BrN2O4/c28-19-9-7-18(8-10-19)27(32)33-21-12-5-17(6-13-21)16-29-20-11-14-24(31)22(15-20)26-30-23-3-1-2-4-25(23)34-26/h1-16,31H. The maximum atomic E-state index is 12.3. The molecule has 0 saturated carbocycles. The van der Waals surface area contributed by atoms with Crippen LogP contribution in [0.2, 0.25) is 0 Å². The summed E-state index contributed by atoms with van der Waals surface area (Å²) in [5.41, 5.74) is 3.73. The van der Waals surface area contributed by atoms with Crippen LogP contribution in [0.15, 0.2) is 105 Å². The third kappa shape index (κ3) is 4.74. The molecule has 0 aliphatic carbocycles. The van der Waals surface area contributed by atoms with Crippen molar-refractivity contribution >= 4 is 44.9 Å².